The van der Waals surface area contributed by atoms with Gasteiger partial charge in [-0.25, -0.2) is 18.9 Å². The van der Waals surface area contributed by atoms with Gasteiger partial charge in [0.05, 0.1) is 30.0 Å². The molecule has 1 unspecified atom stereocenters. The topological polar surface area (TPSA) is 130 Å². The summed E-state index contributed by atoms with van der Waals surface area (Å²) in [4.78, 5) is 31.7. The number of nitrogens with two attached hydrogens (primary N) is 1. The number of benzene rings is 2. The third kappa shape index (κ3) is 6.33. The number of primary amides is 1. The van der Waals surface area contributed by atoms with Crippen LogP contribution in [-0.2, 0) is 11.3 Å². The average Bonchev–Trinajstić information content (AvgIpc) is 3.41. The van der Waals surface area contributed by atoms with Crippen LogP contribution in [0, 0.1) is 17.7 Å². The highest BCUT2D eigenvalue weighted by atomic mass is 35.5. The van der Waals surface area contributed by atoms with Crippen molar-refractivity contribution in [3.8, 4) is 17.6 Å². The number of imidazole rings is 1. The maximum Gasteiger partial charge on any atom is 0.410 e. The summed E-state index contributed by atoms with van der Waals surface area (Å²) in [6.07, 6.45) is 3.68. The molecule has 0 bridgehead atoms. The number of amides is 2. The Morgan fingerprint density at radius 3 is 2.54 bits per heavy atom. The molecule has 11 nitrogen and oxygen atoms in total. The Balaban J connectivity index is 1.37. The normalized spacial score (nSPS) is 16.3. The van der Waals surface area contributed by atoms with Crippen LogP contribution in [0.1, 0.15) is 79.3 Å². The van der Waals surface area contributed by atoms with E-state index < -0.39 is 23.4 Å². The molecule has 2 amide bonds. The Bertz CT molecular complexity index is 1880. The van der Waals surface area contributed by atoms with Crippen molar-refractivity contribution in [1.29, 1.82) is 0 Å². The Morgan fingerprint density at radius 2 is 1.89 bits per heavy atom. The zero-order chi connectivity index (χ0) is 32.7. The van der Waals surface area contributed by atoms with Gasteiger partial charge >= 0.3 is 6.09 Å². The lowest BCUT2D eigenvalue weighted by Crippen LogP contribution is -2.35. The number of rotatable bonds is 7. The fraction of sp³-hybridized carbons (Fsp3) is 0.394. The minimum atomic E-state index is -0.745. The summed E-state index contributed by atoms with van der Waals surface area (Å²) in [5.74, 6) is 5.55. The number of carbonyl (C=O) groups is 2. The summed E-state index contributed by atoms with van der Waals surface area (Å²) in [6, 6.07) is 9.02. The predicted molar refractivity (Wildman–Crippen MR) is 171 cm³/mol. The molecule has 1 aliphatic carbocycles. The quantitative estimate of drug-likeness (QED) is 0.248. The second-order valence-electron chi connectivity index (χ2n) is 12.5. The van der Waals surface area contributed by atoms with E-state index >= 15 is 4.39 Å². The highest BCUT2D eigenvalue weighted by Gasteiger charge is 2.34. The van der Waals surface area contributed by atoms with Gasteiger partial charge < -0.3 is 30.0 Å². The van der Waals surface area contributed by atoms with E-state index in [4.69, 9.17) is 31.9 Å². The van der Waals surface area contributed by atoms with Crippen molar-refractivity contribution >= 4 is 40.5 Å². The molecule has 2 aromatic carbocycles. The van der Waals surface area contributed by atoms with Gasteiger partial charge in [0.15, 0.2) is 11.5 Å². The number of hydrogen-bond donors (Lipinski definition) is 2. The second kappa shape index (κ2) is 12.2. The molecule has 2 aliphatic rings. The van der Waals surface area contributed by atoms with Crippen LogP contribution < -0.4 is 15.8 Å². The largest absolute Gasteiger partial charge is 0.497 e. The lowest BCUT2D eigenvalue weighted by Gasteiger charge is -2.24. The van der Waals surface area contributed by atoms with Crippen LogP contribution in [0.3, 0.4) is 0 Å². The minimum Gasteiger partial charge on any atom is -0.497 e. The van der Waals surface area contributed by atoms with Crippen LogP contribution in [-0.4, -0.2) is 62.0 Å². The number of likely N-dealkylation sites (tertiary alicyclic amines) is 1. The minimum absolute atomic E-state index is 0.0763. The summed E-state index contributed by atoms with van der Waals surface area (Å²) in [7, 11) is 1.59. The molecule has 1 aliphatic heterocycles. The molecule has 1 atom stereocenters. The van der Waals surface area contributed by atoms with Gasteiger partial charge in [-0.2, -0.15) is 5.10 Å². The van der Waals surface area contributed by atoms with Crippen molar-refractivity contribution in [3.05, 3.63) is 69.9 Å². The van der Waals surface area contributed by atoms with Crippen LogP contribution in [0.4, 0.5) is 15.0 Å². The van der Waals surface area contributed by atoms with Gasteiger partial charge in [-0.05, 0) is 69.7 Å². The highest BCUT2D eigenvalue weighted by Crippen LogP contribution is 2.39. The van der Waals surface area contributed by atoms with Gasteiger partial charge in [-0.3, -0.25) is 4.79 Å². The Morgan fingerprint density at radius 1 is 1.15 bits per heavy atom. The number of halogens is 2. The molecule has 13 heteroatoms. The maximum absolute atomic E-state index is 15.4. The van der Waals surface area contributed by atoms with Crippen molar-refractivity contribution in [2.45, 2.75) is 64.3 Å². The summed E-state index contributed by atoms with van der Waals surface area (Å²) < 4.78 is 29.7. The summed E-state index contributed by atoms with van der Waals surface area (Å²) in [5, 5.41) is 7.89. The zero-order valence-corrected chi connectivity index (χ0v) is 26.8. The highest BCUT2D eigenvalue weighted by molar-refractivity contribution is 6.32. The molecule has 3 heterocycles. The first-order valence-electron chi connectivity index (χ1n) is 15.1. The summed E-state index contributed by atoms with van der Waals surface area (Å²) in [6.45, 7) is 6.51. The van der Waals surface area contributed by atoms with Crippen molar-refractivity contribution in [3.63, 3.8) is 0 Å². The fourth-order valence-electron chi connectivity index (χ4n) is 5.53. The number of carbonyl (C=O) groups excluding carboxylic acids is 2. The third-order valence-electron chi connectivity index (χ3n) is 7.93. The van der Waals surface area contributed by atoms with E-state index in [0.29, 0.717) is 48.7 Å². The smallest absolute Gasteiger partial charge is 0.410 e. The van der Waals surface area contributed by atoms with Crippen molar-refractivity contribution in [2.75, 3.05) is 25.5 Å². The van der Waals surface area contributed by atoms with Gasteiger partial charge in [0.2, 0.25) is 0 Å². The molecule has 0 spiro atoms. The molecular formula is C33H35ClFN7O4. The third-order valence-corrected chi connectivity index (χ3v) is 8.30. The molecule has 4 aromatic rings. The number of nitrogens with zero attached hydrogens (tertiary/aromatic N) is 5. The molecule has 2 aromatic heterocycles. The van der Waals surface area contributed by atoms with Crippen LogP contribution in [0.25, 0.3) is 11.0 Å². The monoisotopic (exact) mass is 647 g/mol. The van der Waals surface area contributed by atoms with Crippen molar-refractivity contribution in [2.24, 2.45) is 5.73 Å². The number of nitrogens with one attached hydrogen (secondary N) is 1. The molecule has 46 heavy (non-hydrogen) atoms. The SMILES string of the molecule is COc1ccc(CNc2c(C(N)=O)c(C#Cc3cc4ncn(C5CC5)c4c(F)c3Cl)nn2C2CCN(C(=O)OC(C)(C)C)C2)cc1. The molecule has 3 N–H and O–H groups in total. The predicted octanol–water partition coefficient (Wildman–Crippen LogP) is 5.66. The standard InChI is InChI=1S/C33H35ClFN7O4/c1-33(2,3)46-32(44)40-14-13-22(17-40)42-31(37-16-19-5-10-23(45-4)11-6-19)26(30(36)43)24(39-42)12-7-20-15-25-29(28(35)27(20)34)41(18-38-25)21-8-9-21/h5-6,10-11,15,18,21-22,37H,8-9,13-14,16-17H2,1-4H3,(H2,36,43). The van der Waals surface area contributed by atoms with Crippen LogP contribution in [0.15, 0.2) is 36.7 Å². The summed E-state index contributed by atoms with van der Waals surface area (Å²) in [5.41, 5.74) is 7.36. The molecule has 1 saturated carbocycles. The second-order valence-corrected chi connectivity index (χ2v) is 12.9. The first kappa shape index (κ1) is 31.2. The number of aromatic nitrogens is 4. The molecular weight excluding hydrogens is 613 g/mol. The van der Waals surface area contributed by atoms with Gasteiger partial charge in [-0.15, -0.1) is 0 Å². The van der Waals surface area contributed by atoms with Gasteiger partial charge in [0, 0.05) is 31.2 Å². The first-order valence-corrected chi connectivity index (χ1v) is 15.4. The Labute approximate surface area is 270 Å². The van der Waals surface area contributed by atoms with E-state index in [2.05, 4.69) is 22.1 Å². The maximum atomic E-state index is 15.4. The van der Waals surface area contributed by atoms with Gasteiger partial charge in [-0.1, -0.05) is 29.7 Å². The lowest BCUT2D eigenvalue weighted by molar-refractivity contribution is 0.0288. The van der Waals surface area contributed by atoms with Gasteiger partial charge in [0.1, 0.15) is 28.2 Å². The molecule has 6 rings (SSSR count). The van der Waals surface area contributed by atoms with Gasteiger partial charge in [0.25, 0.3) is 5.91 Å². The summed E-state index contributed by atoms with van der Waals surface area (Å²) >= 11 is 6.46. The first-order chi connectivity index (χ1) is 21.9. The Hall–Kier alpha value is -4.76. The number of ether oxygens (including phenoxy) is 2. The van der Waals surface area contributed by atoms with E-state index in [-0.39, 0.29) is 33.9 Å². The van der Waals surface area contributed by atoms with Crippen LogP contribution >= 0.6 is 11.6 Å². The van der Waals surface area contributed by atoms with E-state index in [0.717, 1.165) is 18.4 Å². The van der Waals surface area contributed by atoms with E-state index in [9.17, 15) is 9.59 Å². The number of fused-ring (bicyclic) bond motifs is 1. The van der Waals surface area contributed by atoms with Crippen molar-refractivity contribution < 1.29 is 23.5 Å². The number of hydrogen-bond acceptors (Lipinski definition) is 7. The van der Waals surface area contributed by atoms with Crippen molar-refractivity contribution in [1.82, 2.24) is 24.2 Å². The zero-order valence-electron chi connectivity index (χ0n) is 26.1. The number of methoxy groups -OCH3 is 1. The molecule has 0 radical (unpaired) electrons. The fourth-order valence-corrected chi connectivity index (χ4v) is 5.72. The van der Waals surface area contributed by atoms with Crippen LogP contribution in [0.5, 0.6) is 5.75 Å². The molecule has 1 saturated heterocycles. The molecule has 240 valence electrons. The van der Waals surface area contributed by atoms with E-state index in [1.165, 1.54) is 0 Å². The number of anilines is 1. The average molecular weight is 648 g/mol. The van der Waals surface area contributed by atoms with Crippen LogP contribution in [0.2, 0.25) is 5.02 Å². The Kier molecular flexibility index (Phi) is 8.29. The van der Waals surface area contributed by atoms with E-state index in [1.54, 1.807) is 29.1 Å². The molecule has 2 fully saturated rings. The van der Waals surface area contributed by atoms with E-state index in [1.807, 2.05) is 49.6 Å². The lowest BCUT2D eigenvalue weighted by atomic mass is 10.1.